The van der Waals surface area contributed by atoms with Crippen molar-refractivity contribution >= 4 is 12.0 Å². The second-order valence-electron chi connectivity index (χ2n) is 8.06. The highest BCUT2D eigenvalue weighted by Gasteiger charge is 2.51. The van der Waals surface area contributed by atoms with E-state index < -0.39 is 11.7 Å². The molecule has 0 bridgehead atoms. The van der Waals surface area contributed by atoms with Gasteiger partial charge in [0.2, 0.25) is 0 Å². The molecule has 0 aromatic carbocycles. The minimum Gasteiger partial charge on any atom is -0.393 e. The summed E-state index contributed by atoms with van der Waals surface area (Å²) in [4.78, 5) is 0. The van der Waals surface area contributed by atoms with E-state index in [9.17, 15) is 10.2 Å². The van der Waals surface area contributed by atoms with Gasteiger partial charge in [0.1, 0.15) is 24.4 Å². The van der Waals surface area contributed by atoms with Gasteiger partial charge in [-0.25, -0.2) is 0 Å². The molecule has 6 unspecified atom stereocenters. The molecule has 2 aliphatic rings. The first-order valence-electron chi connectivity index (χ1n) is 8.63. The zero-order valence-electron chi connectivity index (χ0n) is 15.5. The van der Waals surface area contributed by atoms with Crippen LogP contribution in [0.4, 0.5) is 0 Å². The largest absolute Gasteiger partial charge is 0.393 e. The second kappa shape index (κ2) is 7.78. The molecule has 7 heteroatoms. The van der Waals surface area contributed by atoms with E-state index in [1.165, 1.54) is 12.0 Å². The molecule has 6 atom stereocenters. The van der Waals surface area contributed by atoms with E-state index in [0.717, 1.165) is 0 Å². The maximum Gasteiger partial charge on any atom is 0.124 e. The average molecular weight is 365 g/mol. The van der Waals surface area contributed by atoms with E-state index in [1.807, 2.05) is 27.7 Å². The molecule has 6 nitrogen and oxygen atoms in total. The Morgan fingerprint density at radius 1 is 1.04 bits per heavy atom. The van der Waals surface area contributed by atoms with Crippen molar-refractivity contribution < 1.29 is 28.6 Å². The van der Waals surface area contributed by atoms with Gasteiger partial charge in [0, 0.05) is 4.75 Å². The maximum absolute atomic E-state index is 9.82. The summed E-state index contributed by atoms with van der Waals surface area (Å²) in [6.45, 7) is 12.2. The van der Waals surface area contributed by atoms with E-state index >= 15 is 0 Å². The summed E-state index contributed by atoms with van der Waals surface area (Å²) in [6, 6.07) is 0. The summed E-state index contributed by atoms with van der Waals surface area (Å²) in [5.74, 6) is 0. The SMILES string of the molecule is CC(O)CC(C)(C)SOC1COC2C(OC(C)(C)C(C)O)COC12. The van der Waals surface area contributed by atoms with Gasteiger partial charge in [-0.05, 0) is 60.0 Å². The van der Waals surface area contributed by atoms with E-state index in [4.69, 9.17) is 18.4 Å². The molecule has 0 saturated carbocycles. The van der Waals surface area contributed by atoms with Crippen LogP contribution in [0.3, 0.4) is 0 Å². The van der Waals surface area contributed by atoms with Crippen molar-refractivity contribution in [3.05, 3.63) is 0 Å². The first-order valence-corrected chi connectivity index (χ1v) is 9.37. The maximum atomic E-state index is 9.82. The van der Waals surface area contributed by atoms with Crippen LogP contribution in [0, 0.1) is 0 Å². The third kappa shape index (κ3) is 5.06. The predicted octanol–water partition coefficient (Wildman–Crippen LogP) is 1.91. The zero-order chi connectivity index (χ0) is 18.1. The quantitative estimate of drug-likeness (QED) is 0.637. The zero-order valence-corrected chi connectivity index (χ0v) is 16.3. The topological polar surface area (TPSA) is 77.4 Å². The summed E-state index contributed by atoms with van der Waals surface area (Å²) >= 11 is 1.37. The lowest BCUT2D eigenvalue weighted by molar-refractivity contribution is -0.153. The molecule has 0 aromatic rings. The number of rotatable bonds is 8. The summed E-state index contributed by atoms with van der Waals surface area (Å²) in [5.41, 5.74) is -0.654. The Hall–Kier alpha value is 0.110. The van der Waals surface area contributed by atoms with E-state index in [0.29, 0.717) is 19.6 Å². The monoisotopic (exact) mass is 364 g/mol. The molecule has 2 N–H and O–H groups in total. The molecule has 24 heavy (non-hydrogen) atoms. The standard InChI is InChI=1S/C17H32O6S/c1-10(18)7-16(3,4)24-23-13-9-21-14-12(8-20-15(13)14)22-17(5,6)11(2)19/h10-15,18-19H,7-9H2,1-6H3. The average Bonchev–Trinajstić information content (AvgIpc) is 2.98. The fourth-order valence-corrected chi connectivity index (χ4v) is 3.90. The molecular weight excluding hydrogens is 332 g/mol. The molecule has 0 aromatic heterocycles. The van der Waals surface area contributed by atoms with Crippen molar-refractivity contribution in [1.29, 1.82) is 0 Å². The summed E-state index contributed by atoms with van der Waals surface area (Å²) in [5, 5.41) is 19.4. The molecule has 0 radical (unpaired) electrons. The van der Waals surface area contributed by atoms with E-state index in [-0.39, 0.29) is 35.3 Å². The number of ether oxygens (including phenoxy) is 3. The Labute approximate surface area is 149 Å². The summed E-state index contributed by atoms with van der Waals surface area (Å²) < 4.78 is 23.5. The van der Waals surface area contributed by atoms with Crippen molar-refractivity contribution in [2.75, 3.05) is 13.2 Å². The lowest BCUT2D eigenvalue weighted by atomic mass is 10.0. The van der Waals surface area contributed by atoms with Crippen LogP contribution in [0.25, 0.3) is 0 Å². The molecule has 0 spiro atoms. The third-order valence-electron chi connectivity index (χ3n) is 4.61. The molecular formula is C17H32O6S. The minimum atomic E-state index is -0.654. The lowest BCUT2D eigenvalue weighted by Crippen LogP contribution is -2.44. The van der Waals surface area contributed by atoms with Crippen molar-refractivity contribution in [3.8, 4) is 0 Å². The van der Waals surface area contributed by atoms with E-state index in [1.54, 1.807) is 13.8 Å². The Morgan fingerprint density at radius 3 is 2.12 bits per heavy atom. The minimum absolute atomic E-state index is 0.156. The Kier molecular flexibility index (Phi) is 6.62. The Balaban J connectivity index is 1.87. The summed E-state index contributed by atoms with van der Waals surface area (Å²) in [7, 11) is 0. The molecule has 2 fully saturated rings. The van der Waals surface area contributed by atoms with Crippen LogP contribution in [0.15, 0.2) is 0 Å². The number of aliphatic hydroxyl groups is 2. The van der Waals surface area contributed by atoms with Gasteiger partial charge in [-0.1, -0.05) is 0 Å². The van der Waals surface area contributed by atoms with Crippen LogP contribution in [-0.2, 0) is 18.4 Å². The number of hydrogen-bond acceptors (Lipinski definition) is 7. The highest BCUT2D eigenvalue weighted by Crippen LogP contribution is 2.38. The fourth-order valence-electron chi connectivity index (χ4n) is 3.04. The number of aliphatic hydroxyl groups excluding tert-OH is 2. The van der Waals surface area contributed by atoms with Crippen LogP contribution in [0.5, 0.6) is 0 Å². The normalized spacial score (nSPS) is 33.5. The van der Waals surface area contributed by atoms with Gasteiger partial charge in [0.25, 0.3) is 0 Å². The van der Waals surface area contributed by atoms with Gasteiger partial charge >= 0.3 is 0 Å². The van der Waals surface area contributed by atoms with Crippen molar-refractivity contribution in [2.24, 2.45) is 0 Å². The van der Waals surface area contributed by atoms with Crippen molar-refractivity contribution in [2.45, 2.75) is 94.9 Å². The van der Waals surface area contributed by atoms with Gasteiger partial charge < -0.3 is 28.6 Å². The van der Waals surface area contributed by atoms with Crippen molar-refractivity contribution in [3.63, 3.8) is 0 Å². The molecule has 2 aliphatic heterocycles. The summed E-state index contributed by atoms with van der Waals surface area (Å²) in [6.07, 6.45) is -0.994. The highest BCUT2D eigenvalue weighted by molar-refractivity contribution is 7.96. The van der Waals surface area contributed by atoms with Crippen LogP contribution in [-0.4, -0.2) is 70.4 Å². The van der Waals surface area contributed by atoms with Gasteiger partial charge in [0.05, 0.1) is 31.0 Å². The number of hydrogen-bond donors (Lipinski definition) is 2. The van der Waals surface area contributed by atoms with Crippen LogP contribution < -0.4 is 0 Å². The molecule has 2 rings (SSSR count). The van der Waals surface area contributed by atoms with Crippen molar-refractivity contribution in [1.82, 2.24) is 0 Å². The van der Waals surface area contributed by atoms with Crippen LogP contribution >= 0.6 is 12.0 Å². The van der Waals surface area contributed by atoms with Gasteiger partial charge in [-0.2, -0.15) is 0 Å². The van der Waals surface area contributed by atoms with Gasteiger partial charge in [-0.15, -0.1) is 0 Å². The molecule has 142 valence electrons. The molecule has 0 aliphatic carbocycles. The second-order valence-corrected chi connectivity index (χ2v) is 9.53. The van der Waals surface area contributed by atoms with E-state index in [2.05, 4.69) is 0 Å². The number of fused-ring (bicyclic) bond motifs is 1. The lowest BCUT2D eigenvalue weighted by Gasteiger charge is -2.32. The van der Waals surface area contributed by atoms with Gasteiger partial charge in [-0.3, -0.25) is 0 Å². The fraction of sp³-hybridized carbons (Fsp3) is 1.00. The first-order chi connectivity index (χ1) is 11.0. The highest BCUT2D eigenvalue weighted by atomic mass is 32.2. The first kappa shape index (κ1) is 20.4. The molecule has 0 amide bonds. The smallest absolute Gasteiger partial charge is 0.124 e. The Bertz CT molecular complexity index is 412. The Morgan fingerprint density at radius 2 is 1.58 bits per heavy atom. The van der Waals surface area contributed by atoms with Gasteiger partial charge in [0.15, 0.2) is 0 Å². The van der Waals surface area contributed by atoms with Crippen LogP contribution in [0.1, 0.15) is 48.0 Å². The molecule has 2 saturated heterocycles. The van der Waals surface area contributed by atoms with Crippen LogP contribution in [0.2, 0.25) is 0 Å². The molecule has 2 heterocycles. The predicted molar refractivity (Wildman–Crippen MR) is 93.0 cm³/mol. The third-order valence-corrected chi connectivity index (χ3v) is 5.57.